The number of hydrogen-bond acceptors (Lipinski definition) is 3. The van der Waals surface area contributed by atoms with Crippen LogP contribution in [0.5, 0.6) is 0 Å². The molecule has 0 aromatic carbocycles. The Labute approximate surface area is 105 Å². The monoisotopic (exact) mass is 254 g/mol. The van der Waals surface area contributed by atoms with Crippen molar-refractivity contribution in [2.24, 2.45) is 13.0 Å². The molecule has 0 bridgehead atoms. The predicted octanol–water partition coefficient (Wildman–Crippen LogP) is 1.04. The van der Waals surface area contributed by atoms with E-state index in [1.807, 2.05) is 13.8 Å². The minimum absolute atomic E-state index is 0.182. The van der Waals surface area contributed by atoms with Crippen LogP contribution in [0.4, 0.5) is 10.6 Å². The molecule has 0 saturated carbocycles. The number of carbonyl (C=O) groups is 2. The van der Waals surface area contributed by atoms with Gasteiger partial charge < -0.3 is 10.4 Å². The zero-order valence-corrected chi connectivity index (χ0v) is 10.7. The fraction of sp³-hybridized carbons (Fsp3) is 0.545. The van der Waals surface area contributed by atoms with Gasteiger partial charge in [0.05, 0.1) is 0 Å². The lowest BCUT2D eigenvalue weighted by Gasteiger charge is -2.16. The van der Waals surface area contributed by atoms with Crippen molar-refractivity contribution in [2.45, 2.75) is 26.3 Å². The van der Waals surface area contributed by atoms with Gasteiger partial charge in [-0.25, -0.2) is 9.59 Å². The van der Waals surface area contributed by atoms with Crippen molar-refractivity contribution < 1.29 is 14.7 Å². The Balaban J connectivity index is 2.53. The van der Waals surface area contributed by atoms with Crippen molar-refractivity contribution in [3.05, 3.63) is 12.3 Å². The standard InChI is InChI=1S/C11H18N4O3/c1-7(2)6-8(10(16)17)12-11(18)13-9-4-5-15(3)14-9/h4-5,7-8H,6H2,1-3H3,(H,16,17)(H2,12,13,14,18). The summed E-state index contributed by atoms with van der Waals surface area (Å²) in [4.78, 5) is 22.5. The molecule has 0 aliphatic carbocycles. The second-order valence-electron chi connectivity index (χ2n) is 4.49. The van der Waals surface area contributed by atoms with E-state index in [1.54, 1.807) is 24.0 Å². The Morgan fingerprint density at radius 2 is 2.17 bits per heavy atom. The highest BCUT2D eigenvalue weighted by atomic mass is 16.4. The smallest absolute Gasteiger partial charge is 0.326 e. The summed E-state index contributed by atoms with van der Waals surface area (Å²) in [6.45, 7) is 3.79. The molecule has 0 radical (unpaired) electrons. The number of nitrogens with one attached hydrogen (secondary N) is 2. The number of carboxylic acids is 1. The van der Waals surface area contributed by atoms with E-state index in [-0.39, 0.29) is 5.92 Å². The van der Waals surface area contributed by atoms with Crippen LogP contribution < -0.4 is 10.6 Å². The van der Waals surface area contributed by atoms with Crippen LogP contribution in [0.2, 0.25) is 0 Å². The Kier molecular flexibility index (Phi) is 4.70. The van der Waals surface area contributed by atoms with Crippen LogP contribution in [0.1, 0.15) is 20.3 Å². The number of anilines is 1. The number of rotatable bonds is 5. The molecule has 7 heteroatoms. The fourth-order valence-corrected chi connectivity index (χ4v) is 1.49. The Hall–Kier alpha value is -2.05. The van der Waals surface area contributed by atoms with E-state index >= 15 is 0 Å². The van der Waals surface area contributed by atoms with Crippen molar-refractivity contribution >= 4 is 17.8 Å². The molecule has 1 atom stereocenters. The number of aromatic nitrogens is 2. The fourth-order valence-electron chi connectivity index (χ4n) is 1.49. The first-order valence-corrected chi connectivity index (χ1v) is 5.68. The Bertz CT molecular complexity index is 428. The minimum Gasteiger partial charge on any atom is -0.480 e. The topological polar surface area (TPSA) is 96.3 Å². The van der Waals surface area contributed by atoms with Crippen LogP contribution in [-0.4, -0.2) is 32.9 Å². The number of aryl methyl sites for hydroxylation is 1. The molecule has 0 spiro atoms. The summed E-state index contributed by atoms with van der Waals surface area (Å²) < 4.78 is 1.54. The minimum atomic E-state index is -1.04. The van der Waals surface area contributed by atoms with Gasteiger partial charge in [0, 0.05) is 19.3 Å². The first-order chi connectivity index (χ1) is 8.38. The molecule has 0 aliphatic rings. The molecule has 1 unspecified atom stereocenters. The number of carbonyl (C=O) groups excluding carboxylic acids is 1. The molecule has 1 aromatic heterocycles. The molecular formula is C11H18N4O3. The Morgan fingerprint density at radius 1 is 1.50 bits per heavy atom. The third-order valence-electron chi connectivity index (χ3n) is 2.27. The molecule has 100 valence electrons. The van der Waals surface area contributed by atoms with Crippen LogP contribution in [0.15, 0.2) is 12.3 Å². The average Bonchev–Trinajstić information content (AvgIpc) is 2.62. The van der Waals surface area contributed by atoms with Gasteiger partial charge in [-0.05, 0) is 12.3 Å². The van der Waals surface area contributed by atoms with Gasteiger partial charge in [-0.2, -0.15) is 5.10 Å². The van der Waals surface area contributed by atoms with E-state index in [9.17, 15) is 9.59 Å². The number of hydrogen-bond donors (Lipinski definition) is 3. The van der Waals surface area contributed by atoms with Crippen molar-refractivity contribution in [1.29, 1.82) is 0 Å². The zero-order chi connectivity index (χ0) is 13.7. The molecule has 18 heavy (non-hydrogen) atoms. The molecule has 3 N–H and O–H groups in total. The SMILES string of the molecule is CC(C)CC(NC(=O)Nc1ccn(C)n1)C(=O)O. The van der Waals surface area contributed by atoms with Gasteiger partial charge in [0.2, 0.25) is 0 Å². The summed E-state index contributed by atoms with van der Waals surface area (Å²) in [6, 6.07) is 0.160. The van der Waals surface area contributed by atoms with Gasteiger partial charge in [-0.3, -0.25) is 10.00 Å². The van der Waals surface area contributed by atoms with Gasteiger partial charge in [0.15, 0.2) is 5.82 Å². The lowest BCUT2D eigenvalue weighted by molar-refractivity contribution is -0.139. The second-order valence-corrected chi connectivity index (χ2v) is 4.49. The van der Waals surface area contributed by atoms with Crippen LogP contribution >= 0.6 is 0 Å². The molecule has 2 amide bonds. The highest BCUT2D eigenvalue weighted by molar-refractivity contribution is 5.91. The maximum atomic E-state index is 11.6. The summed E-state index contributed by atoms with van der Waals surface area (Å²) in [5.41, 5.74) is 0. The molecule has 0 fully saturated rings. The van der Waals surface area contributed by atoms with Crippen LogP contribution in [0.25, 0.3) is 0 Å². The van der Waals surface area contributed by atoms with Gasteiger partial charge in [-0.1, -0.05) is 13.8 Å². The summed E-state index contributed by atoms with van der Waals surface area (Å²) in [5.74, 6) is -0.482. The molecule has 0 saturated heterocycles. The number of aliphatic carboxylic acids is 1. The largest absolute Gasteiger partial charge is 0.480 e. The quantitative estimate of drug-likeness (QED) is 0.731. The van der Waals surface area contributed by atoms with Crippen LogP contribution in [0, 0.1) is 5.92 Å². The molecule has 1 rings (SSSR count). The first-order valence-electron chi connectivity index (χ1n) is 5.68. The third-order valence-corrected chi connectivity index (χ3v) is 2.27. The lowest BCUT2D eigenvalue weighted by atomic mass is 10.0. The number of nitrogens with zero attached hydrogens (tertiary/aromatic N) is 2. The van der Waals surface area contributed by atoms with Gasteiger partial charge >= 0.3 is 12.0 Å². The third kappa shape index (κ3) is 4.44. The van der Waals surface area contributed by atoms with Crippen LogP contribution in [0.3, 0.4) is 0 Å². The summed E-state index contributed by atoms with van der Waals surface area (Å²) in [5, 5.41) is 17.8. The zero-order valence-electron chi connectivity index (χ0n) is 10.7. The highest BCUT2D eigenvalue weighted by Gasteiger charge is 2.21. The van der Waals surface area contributed by atoms with E-state index in [0.29, 0.717) is 12.2 Å². The van der Waals surface area contributed by atoms with E-state index in [2.05, 4.69) is 15.7 Å². The maximum absolute atomic E-state index is 11.6. The Morgan fingerprint density at radius 3 is 2.61 bits per heavy atom. The molecule has 1 heterocycles. The van der Waals surface area contributed by atoms with E-state index < -0.39 is 18.0 Å². The van der Waals surface area contributed by atoms with Crippen molar-refractivity contribution in [3.63, 3.8) is 0 Å². The van der Waals surface area contributed by atoms with E-state index in [4.69, 9.17) is 5.11 Å². The van der Waals surface area contributed by atoms with Crippen molar-refractivity contribution in [3.8, 4) is 0 Å². The molecule has 1 aromatic rings. The molecular weight excluding hydrogens is 236 g/mol. The summed E-state index contributed by atoms with van der Waals surface area (Å²) >= 11 is 0. The van der Waals surface area contributed by atoms with Gasteiger partial charge in [-0.15, -0.1) is 0 Å². The maximum Gasteiger partial charge on any atom is 0.326 e. The van der Waals surface area contributed by atoms with Crippen molar-refractivity contribution in [1.82, 2.24) is 15.1 Å². The number of carboxylic acid groups (broad SMARTS) is 1. The summed E-state index contributed by atoms with van der Waals surface area (Å²) in [6.07, 6.45) is 2.06. The first kappa shape index (κ1) is 14.0. The van der Waals surface area contributed by atoms with Gasteiger partial charge in [0.1, 0.15) is 6.04 Å². The highest BCUT2D eigenvalue weighted by Crippen LogP contribution is 2.06. The second kappa shape index (κ2) is 6.04. The molecule has 7 nitrogen and oxygen atoms in total. The number of urea groups is 1. The van der Waals surface area contributed by atoms with Crippen molar-refractivity contribution in [2.75, 3.05) is 5.32 Å². The lowest BCUT2D eigenvalue weighted by Crippen LogP contribution is -2.43. The number of amides is 2. The van der Waals surface area contributed by atoms with Crippen LogP contribution in [-0.2, 0) is 11.8 Å². The summed E-state index contributed by atoms with van der Waals surface area (Å²) in [7, 11) is 1.72. The van der Waals surface area contributed by atoms with E-state index in [1.165, 1.54) is 0 Å². The predicted molar refractivity (Wildman–Crippen MR) is 66.2 cm³/mol. The van der Waals surface area contributed by atoms with E-state index in [0.717, 1.165) is 0 Å². The normalized spacial score (nSPS) is 12.2. The van der Waals surface area contributed by atoms with Gasteiger partial charge in [0.25, 0.3) is 0 Å². The molecule has 0 aliphatic heterocycles. The average molecular weight is 254 g/mol.